The van der Waals surface area contributed by atoms with Crippen molar-refractivity contribution in [1.29, 1.82) is 0 Å². The van der Waals surface area contributed by atoms with Gasteiger partial charge in [0.2, 0.25) is 0 Å². The number of carbonyl (C=O) groups is 3. The number of nitrogens with one attached hydrogen (secondary N) is 1. The van der Waals surface area contributed by atoms with E-state index in [2.05, 4.69) is 20.7 Å². The van der Waals surface area contributed by atoms with Gasteiger partial charge in [-0.2, -0.15) is 4.80 Å². The number of ether oxygens (including phenoxy) is 2. The lowest BCUT2D eigenvalue weighted by Gasteiger charge is -2.15. The number of carboxylic acids is 1. The predicted octanol–water partition coefficient (Wildman–Crippen LogP) is 3.11. The van der Waals surface area contributed by atoms with Crippen molar-refractivity contribution in [3.8, 4) is 11.8 Å². The Morgan fingerprint density at radius 3 is 2.42 bits per heavy atom. The molecule has 1 aromatic heterocycles. The first-order valence-electron chi connectivity index (χ1n) is 9.43. The average molecular weight is 494 g/mol. The summed E-state index contributed by atoms with van der Waals surface area (Å²) in [6.45, 7) is -0.528. The van der Waals surface area contributed by atoms with Gasteiger partial charge in [0, 0.05) is 0 Å². The Bertz CT molecular complexity index is 1120. The molecule has 0 aliphatic heterocycles. The van der Waals surface area contributed by atoms with Gasteiger partial charge in [0.15, 0.2) is 11.5 Å². The Morgan fingerprint density at radius 2 is 1.76 bits per heavy atom. The molecule has 1 amide bonds. The number of benzene rings is 2. The van der Waals surface area contributed by atoms with Gasteiger partial charge in [0.05, 0.1) is 16.5 Å². The third-order valence-corrected chi connectivity index (χ3v) is 4.71. The minimum atomic E-state index is -1.38. The Kier molecular flexibility index (Phi) is 8.17. The number of carboxylic acid groups (broad SMARTS) is 1. The lowest BCUT2D eigenvalue weighted by atomic mass is 10.1. The first kappa shape index (κ1) is 24.0. The molecule has 0 saturated heterocycles. The zero-order chi connectivity index (χ0) is 23.8. The number of Topliss-reactive ketones (excluding diaryl/α,β-unsaturated/α-hetero) is 1. The van der Waals surface area contributed by atoms with E-state index in [1.807, 2.05) is 6.07 Å². The maximum absolute atomic E-state index is 12.6. The van der Waals surface area contributed by atoms with E-state index in [0.717, 1.165) is 10.4 Å². The number of nitrogens with zero attached hydrogens (tertiary/aromatic N) is 4. The normalized spacial score (nSPS) is 11.5. The number of alkyl carbamates (subject to hydrolysis) is 1. The number of rotatable bonds is 10. The highest BCUT2D eigenvalue weighted by molar-refractivity contribution is 6.37. The molecule has 13 heteroatoms. The Morgan fingerprint density at radius 1 is 1.06 bits per heavy atom. The number of para-hydroxylation sites is 1. The van der Waals surface area contributed by atoms with E-state index in [1.165, 1.54) is 0 Å². The van der Waals surface area contributed by atoms with Gasteiger partial charge in [-0.25, -0.2) is 4.79 Å². The lowest BCUT2D eigenvalue weighted by molar-refractivity contribution is -0.139. The minimum absolute atomic E-state index is 0.0450. The number of tetrazole rings is 1. The van der Waals surface area contributed by atoms with Crippen molar-refractivity contribution in [1.82, 2.24) is 25.5 Å². The molecular formula is C20H17Cl2N5O6. The number of aromatic nitrogens is 4. The number of carbonyl (C=O) groups excluding carboxylic acids is 2. The molecule has 1 atom stereocenters. The van der Waals surface area contributed by atoms with E-state index in [4.69, 9.17) is 37.8 Å². The Hall–Kier alpha value is -3.70. The number of ketones is 1. The zero-order valence-electron chi connectivity index (χ0n) is 16.9. The maximum Gasteiger partial charge on any atom is 0.408 e. The van der Waals surface area contributed by atoms with Gasteiger partial charge in [0.1, 0.15) is 19.2 Å². The van der Waals surface area contributed by atoms with Gasteiger partial charge in [-0.15, -0.1) is 0 Å². The van der Waals surface area contributed by atoms with Gasteiger partial charge in [-0.05, 0) is 22.9 Å². The third-order valence-electron chi connectivity index (χ3n) is 4.12. The Balaban J connectivity index is 1.60. The van der Waals surface area contributed by atoms with Crippen LogP contribution in [0.15, 0.2) is 48.5 Å². The number of halogens is 2. The molecule has 0 fully saturated rings. The molecule has 0 radical (unpaired) electrons. The summed E-state index contributed by atoms with van der Waals surface area (Å²) in [5.41, 5.74) is 0.728. The highest BCUT2D eigenvalue weighted by Crippen LogP contribution is 2.34. The number of aliphatic carboxylic acids is 1. The largest absolute Gasteiger partial charge is 0.481 e. The summed E-state index contributed by atoms with van der Waals surface area (Å²) in [6.07, 6.45) is -1.60. The van der Waals surface area contributed by atoms with Crippen molar-refractivity contribution in [2.24, 2.45) is 0 Å². The molecule has 2 N–H and O–H groups in total. The second-order valence-corrected chi connectivity index (χ2v) is 7.39. The van der Waals surface area contributed by atoms with Crippen LogP contribution in [0.3, 0.4) is 0 Å². The molecule has 11 nitrogen and oxygen atoms in total. The van der Waals surface area contributed by atoms with Crippen LogP contribution in [0, 0.1) is 0 Å². The summed E-state index contributed by atoms with van der Waals surface area (Å²) in [5, 5.41) is 23.0. The smallest absolute Gasteiger partial charge is 0.408 e. The van der Waals surface area contributed by atoms with Crippen LogP contribution in [0.4, 0.5) is 4.79 Å². The summed E-state index contributed by atoms with van der Waals surface area (Å²) >= 11 is 12.0. The van der Waals surface area contributed by atoms with E-state index < -0.39 is 36.9 Å². The molecule has 0 spiro atoms. The van der Waals surface area contributed by atoms with Crippen LogP contribution in [-0.2, 0) is 27.5 Å². The molecule has 1 heterocycles. The fraction of sp³-hybridized carbons (Fsp3) is 0.200. The van der Waals surface area contributed by atoms with Gasteiger partial charge >= 0.3 is 18.1 Å². The summed E-state index contributed by atoms with van der Waals surface area (Å²) in [6, 6.07) is 12.0. The average Bonchev–Trinajstić information content (AvgIpc) is 3.22. The summed E-state index contributed by atoms with van der Waals surface area (Å²) in [4.78, 5) is 36.7. The van der Waals surface area contributed by atoms with Gasteiger partial charge < -0.3 is 19.9 Å². The molecule has 3 rings (SSSR count). The van der Waals surface area contributed by atoms with Crippen LogP contribution in [0.5, 0.6) is 11.8 Å². The highest BCUT2D eigenvalue weighted by Gasteiger charge is 2.25. The molecule has 0 saturated carbocycles. The molecule has 3 aromatic rings. The van der Waals surface area contributed by atoms with E-state index in [9.17, 15) is 14.4 Å². The van der Waals surface area contributed by atoms with Crippen molar-refractivity contribution in [3.63, 3.8) is 0 Å². The Labute approximate surface area is 197 Å². The second-order valence-electron chi connectivity index (χ2n) is 6.58. The maximum atomic E-state index is 12.6. The number of hydrogen-bond acceptors (Lipinski definition) is 8. The molecule has 2 aromatic carbocycles. The molecule has 172 valence electrons. The van der Waals surface area contributed by atoms with Crippen LogP contribution < -0.4 is 10.1 Å². The van der Waals surface area contributed by atoms with Crippen molar-refractivity contribution >= 4 is 41.0 Å². The fourth-order valence-corrected chi connectivity index (χ4v) is 3.06. The van der Waals surface area contributed by atoms with Crippen LogP contribution in [0.1, 0.15) is 12.0 Å². The van der Waals surface area contributed by atoms with Gasteiger partial charge in [-0.3, -0.25) is 9.59 Å². The fourth-order valence-electron chi connectivity index (χ4n) is 2.58. The summed E-state index contributed by atoms with van der Waals surface area (Å²) in [5.74, 6) is -1.87. The molecular weight excluding hydrogens is 477 g/mol. The van der Waals surface area contributed by atoms with E-state index in [1.54, 1.807) is 42.5 Å². The molecule has 33 heavy (non-hydrogen) atoms. The predicted molar refractivity (Wildman–Crippen MR) is 115 cm³/mol. The van der Waals surface area contributed by atoms with E-state index in [0.29, 0.717) is 0 Å². The van der Waals surface area contributed by atoms with Crippen molar-refractivity contribution in [3.05, 3.63) is 64.1 Å². The summed E-state index contributed by atoms with van der Waals surface area (Å²) < 4.78 is 10.4. The second kappa shape index (κ2) is 11.2. The van der Waals surface area contributed by atoms with Crippen LogP contribution in [-0.4, -0.2) is 49.2 Å². The van der Waals surface area contributed by atoms with E-state index >= 15 is 0 Å². The van der Waals surface area contributed by atoms with Crippen LogP contribution in [0.2, 0.25) is 10.0 Å². The molecule has 0 aliphatic carbocycles. The molecule has 1 unspecified atom stereocenters. The first-order chi connectivity index (χ1) is 15.8. The zero-order valence-corrected chi connectivity index (χ0v) is 18.4. The molecule has 0 bridgehead atoms. The van der Waals surface area contributed by atoms with E-state index in [-0.39, 0.29) is 28.4 Å². The lowest BCUT2D eigenvalue weighted by Crippen LogP contribution is -2.44. The molecule has 0 aliphatic rings. The van der Waals surface area contributed by atoms with Crippen LogP contribution >= 0.6 is 23.2 Å². The third kappa shape index (κ3) is 7.16. The highest BCUT2D eigenvalue weighted by atomic mass is 35.5. The quantitative estimate of drug-likeness (QED) is 0.434. The van der Waals surface area contributed by atoms with Crippen molar-refractivity contribution in [2.75, 3.05) is 0 Å². The van der Waals surface area contributed by atoms with Gasteiger partial charge in [-0.1, -0.05) is 69.8 Å². The summed E-state index contributed by atoms with van der Waals surface area (Å²) in [7, 11) is 0. The van der Waals surface area contributed by atoms with Crippen molar-refractivity contribution in [2.45, 2.75) is 25.6 Å². The van der Waals surface area contributed by atoms with Gasteiger partial charge in [0.25, 0.3) is 0 Å². The van der Waals surface area contributed by atoms with Crippen LogP contribution in [0.25, 0.3) is 0 Å². The standard InChI is InChI=1S/C20H17Cl2N5O6/c21-13-7-4-8-14(22)18(13)33-19-24-26-27(25-19)10-16(28)15(9-17(29)30)23-20(31)32-11-12-5-2-1-3-6-12/h1-8,15H,9-11H2,(H,23,31)(H,29,30). The monoisotopic (exact) mass is 493 g/mol. The SMILES string of the molecule is O=C(O)CC(NC(=O)OCc1ccccc1)C(=O)Cn1nnc(Oc2c(Cl)cccc2Cl)n1. The van der Waals surface area contributed by atoms with Crippen molar-refractivity contribution < 1.29 is 29.0 Å². The first-order valence-corrected chi connectivity index (χ1v) is 10.2. The minimum Gasteiger partial charge on any atom is -0.481 e. The number of amides is 1. The number of hydrogen-bond donors (Lipinski definition) is 2. The topological polar surface area (TPSA) is 146 Å².